The number of rotatable bonds is 8. The Morgan fingerprint density at radius 2 is 1.79 bits per heavy atom. The number of ether oxygens (including phenoxy) is 1. The number of nitrogens with one attached hydrogen (secondary N) is 2. The maximum Gasteiger partial charge on any atom is 0.309 e. The molecule has 1 aliphatic heterocycles. The number of aliphatic carboxylic acids is 1. The monoisotopic (exact) mass is 592 g/mol. The van der Waals surface area contributed by atoms with E-state index in [1.54, 1.807) is 23.1 Å². The predicted molar refractivity (Wildman–Crippen MR) is 151 cm³/mol. The fourth-order valence-corrected chi connectivity index (χ4v) is 6.59. The number of carbonyl (C=O) groups excluding carboxylic acids is 3. The normalized spacial score (nSPS) is 22.8. The second kappa shape index (κ2) is 10.6. The molecule has 4 aliphatic rings. The number of benzene rings is 1. The molecule has 0 spiro atoms. The smallest absolute Gasteiger partial charge is 0.309 e. The van der Waals surface area contributed by atoms with Crippen LogP contribution in [-0.4, -0.2) is 62.6 Å². The van der Waals surface area contributed by atoms with Crippen LogP contribution >= 0.6 is 0 Å². The van der Waals surface area contributed by atoms with Crippen molar-refractivity contribution in [3.63, 3.8) is 0 Å². The van der Waals surface area contributed by atoms with Crippen LogP contribution < -0.4 is 20.3 Å². The Morgan fingerprint density at radius 1 is 1.07 bits per heavy atom. The number of halogens is 1. The Morgan fingerprint density at radius 3 is 2.47 bits per heavy atom. The molecule has 3 heterocycles. The Kier molecular flexibility index (Phi) is 7.05. The lowest BCUT2D eigenvalue weighted by Crippen LogP contribution is -2.50. The summed E-state index contributed by atoms with van der Waals surface area (Å²) < 4.78 is 21.2. The third kappa shape index (κ3) is 5.06. The molecule has 2 bridgehead atoms. The Hall–Kier alpha value is -4.55. The van der Waals surface area contributed by atoms with E-state index in [1.165, 1.54) is 6.07 Å². The van der Waals surface area contributed by atoms with Crippen LogP contribution in [0.4, 0.5) is 10.1 Å². The summed E-state index contributed by atoms with van der Waals surface area (Å²) in [6.45, 7) is 4.20. The van der Waals surface area contributed by atoms with Gasteiger partial charge in [0.25, 0.3) is 17.7 Å². The van der Waals surface area contributed by atoms with Gasteiger partial charge in [-0.1, -0.05) is 6.07 Å². The van der Waals surface area contributed by atoms with Gasteiger partial charge >= 0.3 is 5.97 Å². The van der Waals surface area contributed by atoms with Gasteiger partial charge in [-0.2, -0.15) is 5.10 Å². The number of amides is 3. The second-order valence-corrected chi connectivity index (χ2v) is 12.2. The molecule has 226 valence electrons. The van der Waals surface area contributed by atoms with Crippen LogP contribution in [0.2, 0.25) is 0 Å². The second-order valence-electron chi connectivity index (χ2n) is 12.2. The van der Waals surface area contributed by atoms with Crippen molar-refractivity contribution in [3.8, 4) is 5.75 Å². The molecule has 13 heteroatoms. The van der Waals surface area contributed by atoms with E-state index >= 15 is 0 Å². The molecule has 7 rings (SSSR count). The molecule has 3 amide bonds. The minimum atomic E-state index is -0.778. The molecule has 0 unspecified atom stereocenters. The summed E-state index contributed by atoms with van der Waals surface area (Å²) >= 11 is 0. The number of hydrogen-bond donors (Lipinski definition) is 3. The lowest BCUT2D eigenvalue weighted by atomic mass is 9.53. The number of carboxylic acid groups (broad SMARTS) is 1. The van der Waals surface area contributed by atoms with Crippen molar-refractivity contribution in [1.29, 1.82) is 0 Å². The van der Waals surface area contributed by atoms with Gasteiger partial charge in [-0.05, 0) is 75.5 Å². The topological polar surface area (TPSA) is 155 Å². The van der Waals surface area contributed by atoms with E-state index < -0.39 is 29.0 Å². The molecule has 3 N–H and O–H groups in total. The van der Waals surface area contributed by atoms with Crippen molar-refractivity contribution < 1.29 is 33.4 Å². The third-order valence-electron chi connectivity index (χ3n) is 9.25. The first-order chi connectivity index (χ1) is 20.5. The van der Waals surface area contributed by atoms with Crippen LogP contribution in [0.5, 0.6) is 5.75 Å². The lowest BCUT2D eigenvalue weighted by molar-refractivity contribution is -0.158. The maximum atomic E-state index is 14.6. The summed E-state index contributed by atoms with van der Waals surface area (Å²) in [5.41, 5.74) is 0.0180. The quantitative estimate of drug-likeness (QED) is 0.361. The molecule has 0 radical (unpaired) electrons. The molecule has 3 fully saturated rings. The Labute approximate surface area is 246 Å². The van der Waals surface area contributed by atoms with E-state index in [1.807, 2.05) is 13.8 Å². The molecule has 3 saturated carbocycles. The van der Waals surface area contributed by atoms with Crippen molar-refractivity contribution in [1.82, 2.24) is 25.2 Å². The first-order valence-corrected chi connectivity index (χ1v) is 14.4. The van der Waals surface area contributed by atoms with Gasteiger partial charge in [0, 0.05) is 25.2 Å². The predicted octanol–water partition coefficient (Wildman–Crippen LogP) is 3.09. The van der Waals surface area contributed by atoms with E-state index in [0.29, 0.717) is 62.1 Å². The number of fused-ring (bicyclic) bond motifs is 5. The Bertz CT molecular complexity index is 1630. The minimum Gasteiger partial charge on any atom is -0.482 e. The van der Waals surface area contributed by atoms with E-state index in [4.69, 9.17) is 4.74 Å². The first-order valence-electron chi connectivity index (χ1n) is 14.4. The number of carbonyl (C=O) groups is 4. The van der Waals surface area contributed by atoms with Crippen LogP contribution in [0.25, 0.3) is 5.65 Å². The summed E-state index contributed by atoms with van der Waals surface area (Å²) in [7, 11) is 0. The lowest BCUT2D eigenvalue weighted by Gasteiger charge is -2.51. The Balaban J connectivity index is 1.18. The first kappa shape index (κ1) is 28.6. The van der Waals surface area contributed by atoms with Crippen LogP contribution in [0, 0.1) is 16.6 Å². The van der Waals surface area contributed by atoms with Crippen molar-refractivity contribution in [2.75, 3.05) is 18.1 Å². The summed E-state index contributed by atoms with van der Waals surface area (Å²) in [6, 6.07) is 6.48. The molecule has 3 aromatic rings. The SMILES string of the molecule is CC(C)N1C(=O)COc2ccc(CNC(=O)c3cc(C(=O)NCC45CCC(C(=O)O)(CC4)CC5)n4ncc(F)c4n3)cc21. The molecular formula is C30H33FN6O6. The number of nitrogens with zero attached hydrogens (tertiary/aromatic N) is 4. The highest BCUT2D eigenvalue weighted by atomic mass is 19.1. The van der Waals surface area contributed by atoms with Crippen molar-refractivity contribution in [2.45, 2.75) is 65.0 Å². The highest BCUT2D eigenvalue weighted by Gasteiger charge is 2.52. The molecule has 2 aromatic heterocycles. The van der Waals surface area contributed by atoms with E-state index in [2.05, 4.69) is 20.7 Å². The number of hydrogen-bond acceptors (Lipinski definition) is 7. The standard InChI is InChI=1S/C30H33FN6O6/c1-17(2)36-21-11-18(3-4-23(21)43-15-24(36)38)13-32-26(39)20-12-22(37-25(35-20)19(31)14-34-37)27(40)33-16-29-5-8-30(9-6-29,10-7-29)28(41)42/h3-4,11-12,14,17H,5-10,13,15-16H2,1-2H3,(H,32,39)(H,33,40)(H,41,42). The molecule has 0 atom stereocenters. The molecule has 3 aliphatic carbocycles. The van der Waals surface area contributed by atoms with Crippen molar-refractivity contribution >= 4 is 35.0 Å². The van der Waals surface area contributed by atoms with E-state index in [9.17, 15) is 28.7 Å². The van der Waals surface area contributed by atoms with E-state index in [-0.39, 0.29) is 47.6 Å². The average Bonchev–Trinajstić information content (AvgIpc) is 3.39. The van der Waals surface area contributed by atoms with Gasteiger partial charge in [0.05, 0.1) is 17.3 Å². The van der Waals surface area contributed by atoms with Gasteiger partial charge in [0.1, 0.15) is 17.1 Å². The van der Waals surface area contributed by atoms with Crippen LogP contribution in [0.15, 0.2) is 30.5 Å². The average molecular weight is 593 g/mol. The largest absolute Gasteiger partial charge is 0.482 e. The zero-order valence-electron chi connectivity index (χ0n) is 24.0. The van der Waals surface area contributed by atoms with Gasteiger partial charge in [-0.15, -0.1) is 0 Å². The fourth-order valence-electron chi connectivity index (χ4n) is 6.59. The molecular weight excluding hydrogens is 559 g/mol. The van der Waals surface area contributed by atoms with Crippen LogP contribution in [0.1, 0.15) is 78.9 Å². The molecule has 1 aromatic carbocycles. The molecule has 43 heavy (non-hydrogen) atoms. The van der Waals surface area contributed by atoms with Gasteiger partial charge in [-0.25, -0.2) is 13.9 Å². The fraction of sp³-hybridized carbons (Fsp3) is 0.467. The highest BCUT2D eigenvalue weighted by Crippen LogP contribution is 2.56. The van der Waals surface area contributed by atoms with Crippen molar-refractivity contribution in [2.24, 2.45) is 10.8 Å². The summed E-state index contributed by atoms with van der Waals surface area (Å²) in [6.07, 6.45) is 4.78. The molecule has 12 nitrogen and oxygen atoms in total. The minimum absolute atomic E-state index is 0.0388. The molecule has 0 saturated heterocycles. The van der Waals surface area contributed by atoms with Crippen LogP contribution in [0.3, 0.4) is 0 Å². The van der Waals surface area contributed by atoms with Gasteiger partial charge in [0.15, 0.2) is 18.1 Å². The number of carboxylic acids is 1. The van der Waals surface area contributed by atoms with Gasteiger partial charge in [0.2, 0.25) is 0 Å². The zero-order chi connectivity index (χ0) is 30.5. The van der Waals surface area contributed by atoms with Crippen molar-refractivity contribution in [3.05, 3.63) is 53.2 Å². The summed E-state index contributed by atoms with van der Waals surface area (Å²) in [5, 5.41) is 19.3. The van der Waals surface area contributed by atoms with Gasteiger partial charge in [-0.3, -0.25) is 19.2 Å². The number of aromatic nitrogens is 3. The maximum absolute atomic E-state index is 14.6. The zero-order valence-corrected chi connectivity index (χ0v) is 24.0. The number of anilines is 1. The summed E-state index contributed by atoms with van der Waals surface area (Å²) in [5.74, 6) is -2.26. The van der Waals surface area contributed by atoms with Gasteiger partial charge < -0.3 is 25.4 Å². The third-order valence-corrected chi connectivity index (χ3v) is 9.25. The van der Waals surface area contributed by atoms with Crippen LogP contribution in [-0.2, 0) is 16.1 Å². The van der Waals surface area contributed by atoms with E-state index in [0.717, 1.165) is 10.7 Å². The highest BCUT2D eigenvalue weighted by molar-refractivity contribution is 5.99. The summed E-state index contributed by atoms with van der Waals surface area (Å²) in [4.78, 5) is 56.5.